The summed E-state index contributed by atoms with van der Waals surface area (Å²) in [6, 6.07) is 13.8. The highest BCUT2D eigenvalue weighted by atomic mass is 19.1. The molecule has 2 aromatic rings. The smallest absolute Gasteiger partial charge is 0.407 e. The molecule has 0 radical (unpaired) electrons. The van der Waals surface area contributed by atoms with Crippen molar-refractivity contribution in [3.05, 3.63) is 65.5 Å². The Bertz CT molecular complexity index is 1020. The fraction of sp³-hybridized carbons (Fsp3) is 0.481. The highest BCUT2D eigenvalue weighted by Crippen LogP contribution is 2.38. The second kappa shape index (κ2) is 10.6. The molecule has 1 unspecified atom stereocenters. The van der Waals surface area contributed by atoms with Crippen LogP contribution in [0, 0.1) is 11.7 Å². The molecule has 35 heavy (non-hydrogen) atoms. The number of amides is 2. The first-order chi connectivity index (χ1) is 16.8. The number of carboxylic acid groups (broad SMARTS) is 1. The maximum Gasteiger partial charge on any atom is 0.407 e. The van der Waals surface area contributed by atoms with Crippen LogP contribution < -0.4 is 4.74 Å². The van der Waals surface area contributed by atoms with Crippen LogP contribution in [0.15, 0.2) is 48.5 Å². The Balaban J connectivity index is 1.58. The van der Waals surface area contributed by atoms with E-state index < -0.39 is 11.7 Å². The number of morpholine rings is 1. The van der Waals surface area contributed by atoms with Crippen LogP contribution in [0.25, 0.3) is 0 Å². The first-order valence-corrected chi connectivity index (χ1v) is 12.1. The van der Waals surface area contributed by atoms with E-state index in [1.54, 1.807) is 12.1 Å². The number of carbonyl (C=O) groups excluding carboxylic acids is 1. The van der Waals surface area contributed by atoms with Gasteiger partial charge in [0.05, 0.1) is 18.2 Å². The molecule has 4 rings (SSSR count). The Morgan fingerprint density at radius 3 is 2.34 bits per heavy atom. The molecule has 1 spiro atoms. The highest BCUT2D eigenvalue weighted by molar-refractivity contribution is 5.79. The second-order valence-corrected chi connectivity index (χ2v) is 9.84. The fourth-order valence-corrected chi connectivity index (χ4v) is 4.89. The normalized spacial score (nSPS) is 19.9. The first kappa shape index (κ1) is 25.0. The maximum atomic E-state index is 13.5. The Kier molecular flexibility index (Phi) is 7.60. The summed E-state index contributed by atoms with van der Waals surface area (Å²) in [4.78, 5) is 27.8. The lowest BCUT2D eigenvalue weighted by molar-refractivity contribution is -0.189. The number of halogens is 1. The maximum absolute atomic E-state index is 13.5. The van der Waals surface area contributed by atoms with E-state index in [0.29, 0.717) is 51.4 Å². The van der Waals surface area contributed by atoms with Crippen LogP contribution in [0.2, 0.25) is 0 Å². The lowest BCUT2D eigenvalue weighted by atomic mass is 9.79. The number of rotatable bonds is 7. The first-order valence-electron chi connectivity index (χ1n) is 12.1. The Morgan fingerprint density at radius 1 is 1.11 bits per heavy atom. The topological polar surface area (TPSA) is 79.3 Å². The van der Waals surface area contributed by atoms with Gasteiger partial charge in [-0.3, -0.25) is 4.79 Å². The SMILES string of the molecule is CC(C)COc1ccc(CN2C(=O)COC3(CCN(C(=O)O)CC3)C2Cc2ccc(F)cc2)cc1. The molecular formula is C27H33FN2O5. The Labute approximate surface area is 205 Å². The monoisotopic (exact) mass is 484 g/mol. The number of piperidine rings is 1. The van der Waals surface area contributed by atoms with E-state index >= 15 is 0 Å². The third kappa shape index (κ3) is 5.93. The molecule has 7 nitrogen and oxygen atoms in total. The van der Waals surface area contributed by atoms with Crippen LogP contribution in [-0.4, -0.2) is 64.9 Å². The van der Waals surface area contributed by atoms with Gasteiger partial charge in [0.25, 0.3) is 0 Å². The molecule has 0 aliphatic carbocycles. The van der Waals surface area contributed by atoms with Gasteiger partial charge in [-0.15, -0.1) is 0 Å². The summed E-state index contributed by atoms with van der Waals surface area (Å²) in [6.45, 7) is 5.88. The van der Waals surface area contributed by atoms with Gasteiger partial charge in [-0.1, -0.05) is 38.1 Å². The number of hydrogen-bond donors (Lipinski definition) is 1. The molecule has 2 aromatic carbocycles. The van der Waals surface area contributed by atoms with Gasteiger partial charge < -0.3 is 24.4 Å². The van der Waals surface area contributed by atoms with Gasteiger partial charge in [0.15, 0.2) is 0 Å². The van der Waals surface area contributed by atoms with Gasteiger partial charge in [-0.05, 0) is 60.6 Å². The largest absolute Gasteiger partial charge is 0.493 e. The van der Waals surface area contributed by atoms with E-state index in [-0.39, 0.29) is 24.4 Å². The van der Waals surface area contributed by atoms with E-state index in [4.69, 9.17) is 9.47 Å². The number of benzene rings is 2. The average molecular weight is 485 g/mol. The number of ether oxygens (including phenoxy) is 2. The molecule has 2 aliphatic rings. The molecule has 1 atom stereocenters. The zero-order valence-electron chi connectivity index (χ0n) is 20.3. The zero-order valence-corrected chi connectivity index (χ0v) is 20.3. The number of carbonyl (C=O) groups is 2. The van der Waals surface area contributed by atoms with E-state index in [2.05, 4.69) is 13.8 Å². The van der Waals surface area contributed by atoms with Crippen molar-refractivity contribution in [1.82, 2.24) is 9.80 Å². The second-order valence-electron chi connectivity index (χ2n) is 9.84. The predicted octanol–water partition coefficient (Wildman–Crippen LogP) is 4.34. The van der Waals surface area contributed by atoms with Crippen molar-refractivity contribution in [2.75, 3.05) is 26.3 Å². The predicted molar refractivity (Wildman–Crippen MR) is 129 cm³/mol. The minimum absolute atomic E-state index is 0.0391. The van der Waals surface area contributed by atoms with Gasteiger partial charge >= 0.3 is 6.09 Å². The summed E-state index contributed by atoms with van der Waals surface area (Å²) in [5.41, 5.74) is 1.21. The average Bonchev–Trinajstić information content (AvgIpc) is 2.84. The Morgan fingerprint density at radius 2 is 1.74 bits per heavy atom. The zero-order chi connectivity index (χ0) is 25.0. The van der Waals surface area contributed by atoms with Crippen molar-refractivity contribution in [2.24, 2.45) is 5.92 Å². The minimum atomic E-state index is -0.946. The molecule has 188 valence electrons. The van der Waals surface area contributed by atoms with Gasteiger partial charge in [0.2, 0.25) is 5.91 Å². The minimum Gasteiger partial charge on any atom is -0.493 e. The van der Waals surface area contributed by atoms with Crippen LogP contribution in [0.3, 0.4) is 0 Å². The molecule has 2 amide bonds. The van der Waals surface area contributed by atoms with Crippen molar-refractivity contribution in [1.29, 1.82) is 0 Å². The van der Waals surface area contributed by atoms with Crippen molar-refractivity contribution in [2.45, 2.75) is 51.3 Å². The van der Waals surface area contributed by atoms with E-state index in [1.165, 1.54) is 17.0 Å². The third-order valence-corrected chi connectivity index (χ3v) is 6.87. The molecular weight excluding hydrogens is 451 g/mol. The molecule has 0 saturated carbocycles. The summed E-state index contributed by atoms with van der Waals surface area (Å²) in [6.07, 6.45) is 0.543. The van der Waals surface area contributed by atoms with Crippen LogP contribution >= 0.6 is 0 Å². The molecule has 0 aromatic heterocycles. The van der Waals surface area contributed by atoms with Crippen LogP contribution in [0.5, 0.6) is 5.75 Å². The number of hydrogen-bond acceptors (Lipinski definition) is 4. The lowest BCUT2D eigenvalue weighted by Crippen LogP contribution is -2.65. The molecule has 0 bridgehead atoms. The standard InChI is InChI=1S/C27H33FN2O5/c1-19(2)17-34-23-9-5-21(6-10-23)16-30-24(15-20-3-7-22(28)8-4-20)27(35-18-25(30)31)11-13-29(14-12-27)26(32)33/h3-10,19,24H,11-18H2,1-2H3,(H,32,33). The lowest BCUT2D eigenvalue weighted by Gasteiger charge is -2.52. The molecule has 2 saturated heterocycles. The molecule has 8 heteroatoms. The summed E-state index contributed by atoms with van der Waals surface area (Å²) < 4.78 is 25.5. The van der Waals surface area contributed by atoms with Gasteiger partial charge in [-0.2, -0.15) is 0 Å². The number of nitrogens with zero attached hydrogens (tertiary/aromatic N) is 2. The third-order valence-electron chi connectivity index (χ3n) is 6.87. The summed E-state index contributed by atoms with van der Waals surface area (Å²) in [5, 5.41) is 9.41. The molecule has 2 heterocycles. The van der Waals surface area contributed by atoms with Gasteiger partial charge in [-0.25, -0.2) is 9.18 Å². The Hall–Kier alpha value is -3.13. The summed E-state index contributed by atoms with van der Waals surface area (Å²) in [5.74, 6) is 0.794. The van der Waals surface area contributed by atoms with Crippen LogP contribution in [0.4, 0.5) is 9.18 Å². The van der Waals surface area contributed by atoms with Gasteiger partial charge in [0, 0.05) is 19.6 Å². The van der Waals surface area contributed by atoms with E-state index in [0.717, 1.165) is 16.9 Å². The highest BCUT2D eigenvalue weighted by Gasteiger charge is 2.50. The van der Waals surface area contributed by atoms with E-state index in [1.807, 2.05) is 29.2 Å². The molecule has 2 fully saturated rings. The van der Waals surface area contributed by atoms with Crippen molar-refractivity contribution < 1.29 is 28.6 Å². The molecule has 2 aliphatic heterocycles. The van der Waals surface area contributed by atoms with Gasteiger partial charge in [0.1, 0.15) is 18.2 Å². The van der Waals surface area contributed by atoms with Crippen LogP contribution in [0.1, 0.15) is 37.8 Å². The summed E-state index contributed by atoms with van der Waals surface area (Å²) in [7, 11) is 0. The van der Waals surface area contributed by atoms with Crippen LogP contribution in [-0.2, 0) is 22.5 Å². The summed E-state index contributed by atoms with van der Waals surface area (Å²) >= 11 is 0. The molecule has 1 N–H and O–H groups in total. The number of likely N-dealkylation sites (tertiary alicyclic amines) is 1. The fourth-order valence-electron chi connectivity index (χ4n) is 4.89. The quantitative estimate of drug-likeness (QED) is 0.632. The van der Waals surface area contributed by atoms with Crippen molar-refractivity contribution in [3.8, 4) is 5.75 Å². The van der Waals surface area contributed by atoms with Crippen molar-refractivity contribution >= 4 is 12.0 Å². The van der Waals surface area contributed by atoms with E-state index in [9.17, 15) is 19.1 Å². The van der Waals surface area contributed by atoms with Crippen molar-refractivity contribution in [3.63, 3.8) is 0 Å².